The summed E-state index contributed by atoms with van der Waals surface area (Å²) in [6.07, 6.45) is 0. The number of rotatable bonds is 2. The average molecular weight is 330 g/mol. The molecule has 0 amide bonds. The topological polar surface area (TPSA) is 114 Å². The fourth-order valence-electron chi connectivity index (χ4n) is 1.80. The number of aryl methyl sites for hydroxylation is 1. The first kappa shape index (κ1) is 16.4. The van der Waals surface area contributed by atoms with Gasteiger partial charge in [-0.2, -0.15) is 0 Å². The lowest BCUT2D eigenvalue weighted by atomic mass is 10.2. The van der Waals surface area contributed by atoms with Crippen LogP contribution in [0.2, 0.25) is 0 Å². The lowest BCUT2D eigenvalue weighted by molar-refractivity contribution is 0.0686. The summed E-state index contributed by atoms with van der Waals surface area (Å²) in [7, 11) is 0. The minimum absolute atomic E-state index is 0.259. The van der Waals surface area contributed by atoms with Gasteiger partial charge in [0.2, 0.25) is 0 Å². The predicted molar refractivity (Wildman–Crippen MR) is 89.1 cm³/mol. The van der Waals surface area contributed by atoms with Gasteiger partial charge < -0.3 is 15.9 Å². The first-order valence-corrected chi connectivity index (χ1v) is 7.38. The van der Waals surface area contributed by atoms with Crippen LogP contribution in [0.1, 0.15) is 25.7 Å². The van der Waals surface area contributed by atoms with E-state index in [2.05, 4.69) is 4.98 Å². The molecular weight excluding hydrogens is 316 g/mol. The molecule has 0 aliphatic heterocycles. The smallest absolute Gasteiger partial charge is 0.335 e. The van der Waals surface area contributed by atoms with E-state index in [1.165, 1.54) is 23.5 Å². The van der Waals surface area contributed by atoms with Crippen molar-refractivity contribution < 1.29 is 19.8 Å². The molecule has 3 rings (SSSR count). The second-order valence-electron chi connectivity index (χ2n) is 4.65. The average Bonchev–Trinajstić information content (AvgIpc) is 2.87. The van der Waals surface area contributed by atoms with E-state index in [1.807, 2.05) is 6.92 Å². The Morgan fingerprint density at radius 1 is 1.00 bits per heavy atom. The summed E-state index contributed by atoms with van der Waals surface area (Å²) in [6.45, 7) is 1.91. The Kier molecular flexibility index (Phi) is 4.92. The van der Waals surface area contributed by atoms with Gasteiger partial charge in [0.15, 0.2) is 0 Å². The maximum Gasteiger partial charge on any atom is 0.335 e. The molecule has 1 heterocycles. The van der Waals surface area contributed by atoms with Gasteiger partial charge >= 0.3 is 11.9 Å². The third kappa shape index (κ3) is 4.27. The molecule has 0 spiro atoms. The highest BCUT2D eigenvalue weighted by Crippen LogP contribution is 2.22. The number of fused-ring (bicyclic) bond motifs is 1. The summed E-state index contributed by atoms with van der Waals surface area (Å²) in [6, 6.07) is 11.0. The first-order valence-electron chi connectivity index (χ1n) is 6.56. The number of carbonyl (C=O) groups is 2. The zero-order valence-electron chi connectivity index (χ0n) is 12.2. The summed E-state index contributed by atoms with van der Waals surface area (Å²) in [4.78, 5) is 25.1. The Hall–Kier alpha value is -2.93. The molecule has 0 saturated carbocycles. The van der Waals surface area contributed by atoms with Crippen molar-refractivity contribution in [2.75, 3.05) is 5.73 Å². The monoisotopic (exact) mass is 330 g/mol. The largest absolute Gasteiger partial charge is 0.478 e. The second-order valence-corrected chi connectivity index (χ2v) is 5.88. The van der Waals surface area contributed by atoms with Gasteiger partial charge in [-0.15, -0.1) is 11.3 Å². The number of thiazole rings is 1. The molecule has 0 aliphatic rings. The molecule has 0 bridgehead atoms. The van der Waals surface area contributed by atoms with Crippen LogP contribution in [-0.2, 0) is 0 Å². The number of nitrogen functional groups attached to an aromatic ring is 1. The van der Waals surface area contributed by atoms with Crippen molar-refractivity contribution >= 4 is 39.2 Å². The zero-order valence-corrected chi connectivity index (χ0v) is 13.0. The van der Waals surface area contributed by atoms with E-state index in [1.54, 1.807) is 30.3 Å². The number of anilines is 1. The van der Waals surface area contributed by atoms with Crippen molar-refractivity contribution in [2.45, 2.75) is 6.92 Å². The molecule has 2 aromatic carbocycles. The summed E-state index contributed by atoms with van der Waals surface area (Å²) in [5, 5.41) is 18.1. The van der Waals surface area contributed by atoms with Gasteiger partial charge in [-0.3, -0.25) is 0 Å². The van der Waals surface area contributed by atoms with Crippen molar-refractivity contribution in [3.05, 3.63) is 58.6 Å². The number of carboxylic acids is 2. The highest BCUT2D eigenvalue weighted by atomic mass is 32.1. The first-order chi connectivity index (χ1) is 10.9. The molecule has 7 heteroatoms. The normalized spacial score (nSPS) is 9.96. The van der Waals surface area contributed by atoms with E-state index in [-0.39, 0.29) is 5.56 Å². The van der Waals surface area contributed by atoms with Gasteiger partial charge in [-0.05, 0) is 49.4 Å². The Labute approximate surface area is 135 Å². The quantitative estimate of drug-likeness (QED) is 0.621. The molecule has 0 unspecified atom stereocenters. The molecule has 6 nitrogen and oxygen atoms in total. The summed E-state index contributed by atoms with van der Waals surface area (Å²) >= 11 is 1.51. The molecule has 0 aliphatic carbocycles. The van der Waals surface area contributed by atoms with Crippen LogP contribution in [0.3, 0.4) is 0 Å². The SMILES string of the molecule is Cc1nc2ccc(C(=O)O)cc2s1.Nc1ccc(C(=O)O)cc1. The van der Waals surface area contributed by atoms with Crippen molar-refractivity contribution in [2.24, 2.45) is 0 Å². The Morgan fingerprint density at radius 3 is 2.13 bits per heavy atom. The Balaban J connectivity index is 0.000000174. The number of hydrogen-bond donors (Lipinski definition) is 3. The van der Waals surface area contributed by atoms with Crippen LogP contribution in [0.25, 0.3) is 10.2 Å². The van der Waals surface area contributed by atoms with Crippen molar-refractivity contribution in [1.29, 1.82) is 0 Å². The number of hydrogen-bond acceptors (Lipinski definition) is 5. The van der Waals surface area contributed by atoms with Gasteiger partial charge in [0.25, 0.3) is 0 Å². The van der Waals surface area contributed by atoms with Gasteiger partial charge in [-0.1, -0.05) is 0 Å². The minimum Gasteiger partial charge on any atom is -0.478 e. The van der Waals surface area contributed by atoms with E-state index in [4.69, 9.17) is 15.9 Å². The van der Waals surface area contributed by atoms with E-state index in [9.17, 15) is 9.59 Å². The highest BCUT2D eigenvalue weighted by Gasteiger charge is 2.05. The summed E-state index contributed by atoms with van der Waals surface area (Å²) < 4.78 is 0.928. The van der Waals surface area contributed by atoms with Crippen LogP contribution >= 0.6 is 11.3 Å². The van der Waals surface area contributed by atoms with Crippen LogP contribution in [0, 0.1) is 6.92 Å². The van der Waals surface area contributed by atoms with E-state index in [0.29, 0.717) is 11.3 Å². The fourth-order valence-corrected chi connectivity index (χ4v) is 2.66. The summed E-state index contributed by atoms with van der Waals surface area (Å²) in [5.41, 5.74) is 7.35. The molecule has 118 valence electrons. The molecule has 3 aromatic rings. The molecule has 1 aromatic heterocycles. The fraction of sp³-hybridized carbons (Fsp3) is 0.0625. The number of nitrogens with zero attached hydrogens (tertiary/aromatic N) is 1. The van der Waals surface area contributed by atoms with Crippen LogP contribution in [0.4, 0.5) is 5.69 Å². The van der Waals surface area contributed by atoms with Crippen LogP contribution < -0.4 is 5.73 Å². The zero-order chi connectivity index (χ0) is 17.0. The minimum atomic E-state index is -0.931. The van der Waals surface area contributed by atoms with Crippen LogP contribution in [0.5, 0.6) is 0 Å². The highest BCUT2D eigenvalue weighted by molar-refractivity contribution is 7.18. The Morgan fingerprint density at radius 2 is 1.57 bits per heavy atom. The number of aromatic carboxylic acids is 2. The van der Waals surface area contributed by atoms with E-state index >= 15 is 0 Å². The van der Waals surface area contributed by atoms with Gasteiger partial charge in [0.1, 0.15) is 0 Å². The van der Waals surface area contributed by atoms with E-state index < -0.39 is 11.9 Å². The third-order valence-electron chi connectivity index (χ3n) is 2.90. The Bertz CT molecular complexity index is 856. The molecular formula is C16H14N2O4S. The lowest BCUT2D eigenvalue weighted by Crippen LogP contribution is -1.95. The molecule has 0 saturated heterocycles. The summed E-state index contributed by atoms with van der Waals surface area (Å²) in [5.74, 6) is -1.83. The van der Waals surface area contributed by atoms with E-state index in [0.717, 1.165) is 15.2 Å². The molecule has 0 fully saturated rings. The molecule has 0 atom stereocenters. The van der Waals surface area contributed by atoms with Crippen LogP contribution in [-0.4, -0.2) is 27.1 Å². The number of benzene rings is 2. The van der Waals surface area contributed by atoms with Gasteiger partial charge in [0, 0.05) is 5.69 Å². The van der Waals surface area contributed by atoms with Crippen LogP contribution in [0.15, 0.2) is 42.5 Å². The number of nitrogens with two attached hydrogens (primary N) is 1. The van der Waals surface area contributed by atoms with Gasteiger partial charge in [-0.25, -0.2) is 14.6 Å². The number of aromatic nitrogens is 1. The number of carboxylic acid groups (broad SMARTS) is 2. The van der Waals surface area contributed by atoms with Crippen molar-refractivity contribution in [1.82, 2.24) is 4.98 Å². The third-order valence-corrected chi connectivity index (χ3v) is 3.83. The lowest BCUT2D eigenvalue weighted by Gasteiger charge is -1.93. The molecule has 23 heavy (non-hydrogen) atoms. The maximum absolute atomic E-state index is 10.6. The van der Waals surface area contributed by atoms with Crippen molar-refractivity contribution in [3.8, 4) is 0 Å². The maximum atomic E-state index is 10.6. The predicted octanol–water partition coefficient (Wildman–Crippen LogP) is 3.27. The van der Waals surface area contributed by atoms with Crippen molar-refractivity contribution in [3.63, 3.8) is 0 Å². The molecule has 0 radical (unpaired) electrons. The molecule has 4 N–H and O–H groups in total. The van der Waals surface area contributed by atoms with Gasteiger partial charge in [0.05, 0.1) is 26.4 Å². The standard InChI is InChI=1S/C9H7NO2S.C7H7NO2/c1-5-10-7-3-2-6(9(11)12)4-8(7)13-5;8-6-3-1-5(2-4-6)7(9)10/h2-4H,1H3,(H,11,12);1-4H,8H2,(H,9,10). The second kappa shape index (κ2) is 6.89.